The van der Waals surface area contributed by atoms with E-state index in [1.165, 1.54) is 18.9 Å². The molecule has 0 aromatic heterocycles. The molecule has 1 fully saturated rings. The Morgan fingerprint density at radius 3 is 2.53 bits per heavy atom. The van der Waals surface area contributed by atoms with Crippen molar-refractivity contribution in [3.05, 3.63) is 58.1 Å². The Morgan fingerprint density at radius 2 is 1.83 bits per heavy atom. The molecule has 0 aliphatic carbocycles. The largest absolute Gasteiger partial charge is 0.371 e. The van der Waals surface area contributed by atoms with Crippen molar-refractivity contribution in [2.75, 3.05) is 23.3 Å². The Kier molecular flexibility index (Phi) is 7.62. The minimum absolute atomic E-state index is 0.0614. The summed E-state index contributed by atoms with van der Waals surface area (Å²) in [6, 6.07) is 11.8. The van der Waals surface area contributed by atoms with Crippen LogP contribution in [0.2, 0.25) is 10.0 Å². The third-order valence-electron chi connectivity index (χ3n) is 5.54. The minimum Gasteiger partial charge on any atom is -0.371 e. The summed E-state index contributed by atoms with van der Waals surface area (Å²) in [7, 11) is 0. The number of nitrogens with one attached hydrogen (secondary N) is 2. The average molecular weight is 448 g/mol. The molecule has 30 heavy (non-hydrogen) atoms. The monoisotopic (exact) mass is 447 g/mol. The molecule has 2 atom stereocenters. The van der Waals surface area contributed by atoms with Crippen LogP contribution in [0.15, 0.2) is 42.5 Å². The molecule has 2 amide bonds. The van der Waals surface area contributed by atoms with Gasteiger partial charge in [0.05, 0.1) is 10.6 Å². The molecule has 160 valence electrons. The lowest BCUT2D eigenvalue weighted by molar-refractivity contribution is -0.119. The quantitative estimate of drug-likeness (QED) is 0.598. The van der Waals surface area contributed by atoms with Crippen LogP contribution in [0.3, 0.4) is 0 Å². The smallest absolute Gasteiger partial charge is 0.253 e. The molecule has 0 spiro atoms. The molecule has 7 heteroatoms. The van der Waals surface area contributed by atoms with Gasteiger partial charge in [0, 0.05) is 29.5 Å². The van der Waals surface area contributed by atoms with Crippen molar-refractivity contribution in [2.45, 2.75) is 39.2 Å². The van der Waals surface area contributed by atoms with E-state index < -0.39 is 11.9 Å². The van der Waals surface area contributed by atoms with Gasteiger partial charge in [-0.25, -0.2) is 0 Å². The second-order valence-electron chi connectivity index (χ2n) is 7.69. The van der Waals surface area contributed by atoms with E-state index in [0.717, 1.165) is 25.2 Å². The first kappa shape index (κ1) is 22.4. The lowest BCUT2D eigenvalue weighted by Gasteiger charge is -2.24. The Labute approximate surface area is 187 Å². The van der Waals surface area contributed by atoms with Crippen molar-refractivity contribution in [2.24, 2.45) is 5.92 Å². The molecule has 2 aromatic rings. The zero-order chi connectivity index (χ0) is 21.7. The molecule has 1 aliphatic rings. The Bertz CT molecular complexity index is 913. The summed E-state index contributed by atoms with van der Waals surface area (Å²) in [4.78, 5) is 28.2. The van der Waals surface area contributed by atoms with Crippen LogP contribution in [0.1, 0.15) is 43.5 Å². The van der Waals surface area contributed by atoms with Crippen molar-refractivity contribution >= 4 is 46.4 Å². The molecular formula is C23H27Cl2N3O2. The highest BCUT2D eigenvalue weighted by molar-refractivity contribution is 6.35. The number of halogens is 2. The fourth-order valence-corrected chi connectivity index (χ4v) is 3.94. The van der Waals surface area contributed by atoms with Gasteiger partial charge in [-0.2, -0.15) is 0 Å². The fourth-order valence-electron chi connectivity index (χ4n) is 3.57. The van der Waals surface area contributed by atoms with Crippen LogP contribution < -0.4 is 15.5 Å². The summed E-state index contributed by atoms with van der Waals surface area (Å²) >= 11 is 12.2. The number of hydrogen-bond donors (Lipinski definition) is 2. The SMILES string of the molecule is CC[C@H](C)[C@H](NC(=O)c1cc(Cl)ccc1Cl)C(=O)Nc1cccc(N2CCCC2)c1. The van der Waals surface area contributed by atoms with E-state index in [-0.39, 0.29) is 17.4 Å². The molecule has 0 bridgehead atoms. The highest BCUT2D eigenvalue weighted by atomic mass is 35.5. The van der Waals surface area contributed by atoms with Gasteiger partial charge in [0.15, 0.2) is 0 Å². The summed E-state index contributed by atoms with van der Waals surface area (Å²) in [5.41, 5.74) is 2.06. The van der Waals surface area contributed by atoms with Crippen LogP contribution >= 0.6 is 23.2 Å². The number of anilines is 2. The van der Waals surface area contributed by atoms with Crippen LogP contribution in [-0.2, 0) is 4.79 Å². The van der Waals surface area contributed by atoms with Gasteiger partial charge in [-0.05, 0) is 55.2 Å². The zero-order valence-corrected chi connectivity index (χ0v) is 18.8. The van der Waals surface area contributed by atoms with Crippen molar-refractivity contribution < 1.29 is 9.59 Å². The van der Waals surface area contributed by atoms with Crippen molar-refractivity contribution in [3.63, 3.8) is 0 Å². The number of rotatable bonds is 7. The van der Waals surface area contributed by atoms with Gasteiger partial charge in [0.1, 0.15) is 6.04 Å². The second kappa shape index (κ2) is 10.2. The van der Waals surface area contributed by atoms with Gasteiger partial charge in [-0.3, -0.25) is 9.59 Å². The first-order valence-electron chi connectivity index (χ1n) is 10.3. The predicted octanol–water partition coefficient (Wildman–Crippen LogP) is 5.38. The van der Waals surface area contributed by atoms with Gasteiger partial charge < -0.3 is 15.5 Å². The Balaban J connectivity index is 1.75. The Hall–Kier alpha value is -2.24. The highest BCUT2D eigenvalue weighted by Gasteiger charge is 2.27. The topological polar surface area (TPSA) is 61.4 Å². The second-order valence-corrected chi connectivity index (χ2v) is 8.54. The molecule has 0 saturated carbocycles. The van der Waals surface area contributed by atoms with Gasteiger partial charge in [0.2, 0.25) is 5.91 Å². The molecule has 2 N–H and O–H groups in total. The van der Waals surface area contributed by atoms with Gasteiger partial charge in [-0.1, -0.05) is 49.5 Å². The molecule has 5 nitrogen and oxygen atoms in total. The molecule has 0 unspecified atom stereocenters. The van der Waals surface area contributed by atoms with Crippen LogP contribution in [0.5, 0.6) is 0 Å². The molecule has 0 radical (unpaired) electrons. The normalized spacial score (nSPS) is 15.5. The van der Waals surface area contributed by atoms with Crippen LogP contribution in [-0.4, -0.2) is 30.9 Å². The summed E-state index contributed by atoms with van der Waals surface area (Å²) in [6.07, 6.45) is 3.10. The zero-order valence-electron chi connectivity index (χ0n) is 17.3. The van der Waals surface area contributed by atoms with Gasteiger partial charge >= 0.3 is 0 Å². The molecular weight excluding hydrogens is 421 g/mol. The van der Waals surface area contributed by atoms with E-state index in [9.17, 15) is 9.59 Å². The van der Waals surface area contributed by atoms with Crippen LogP contribution in [0.25, 0.3) is 0 Å². The number of nitrogens with zero attached hydrogens (tertiary/aromatic N) is 1. The number of carbonyl (C=O) groups excluding carboxylic acids is 2. The predicted molar refractivity (Wildman–Crippen MR) is 124 cm³/mol. The average Bonchev–Trinajstić information content (AvgIpc) is 3.28. The fraction of sp³-hybridized carbons (Fsp3) is 0.391. The molecule has 1 aliphatic heterocycles. The summed E-state index contributed by atoms with van der Waals surface area (Å²) in [5.74, 6) is -0.739. The van der Waals surface area contributed by atoms with E-state index in [0.29, 0.717) is 15.7 Å². The van der Waals surface area contributed by atoms with Crippen LogP contribution in [0, 0.1) is 5.92 Å². The first-order chi connectivity index (χ1) is 14.4. The third kappa shape index (κ3) is 5.46. The lowest BCUT2D eigenvalue weighted by Crippen LogP contribution is -2.47. The maximum atomic E-state index is 13.1. The number of benzene rings is 2. The van der Waals surface area contributed by atoms with E-state index in [4.69, 9.17) is 23.2 Å². The van der Waals surface area contributed by atoms with E-state index in [2.05, 4.69) is 21.6 Å². The van der Waals surface area contributed by atoms with E-state index in [1.54, 1.807) is 12.1 Å². The van der Waals surface area contributed by atoms with Gasteiger partial charge in [0.25, 0.3) is 5.91 Å². The summed E-state index contributed by atoms with van der Waals surface area (Å²) in [6.45, 7) is 5.98. The standard InChI is InChI=1S/C23H27Cl2N3O2/c1-3-15(2)21(27-22(29)19-13-16(24)9-10-20(19)25)23(30)26-17-7-6-8-18(14-17)28-11-4-5-12-28/h6-10,13-15,21H,3-5,11-12H2,1-2H3,(H,26,30)(H,27,29)/t15-,21-/m0/s1. The van der Waals surface area contributed by atoms with Crippen molar-refractivity contribution in [3.8, 4) is 0 Å². The number of amides is 2. The van der Waals surface area contributed by atoms with E-state index in [1.807, 2.05) is 32.0 Å². The molecule has 3 rings (SSSR count). The molecule has 1 saturated heterocycles. The lowest BCUT2D eigenvalue weighted by atomic mass is 9.97. The number of hydrogen-bond acceptors (Lipinski definition) is 3. The highest BCUT2D eigenvalue weighted by Crippen LogP contribution is 2.24. The first-order valence-corrected chi connectivity index (χ1v) is 11.1. The Morgan fingerprint density at radius 1 is 1.10 bits per heavy atom. The molecule has 1 heterocycles. The van der Waals surface area contributed by atoms with Gasteiger partial charge in [-0.15, -0.1) is 0 Å². The van der Waals surface area contributed by atoms with Crippen LogP contribution in [0.4, 0.5) is 11.4 Å². The summed E-state index contributed by atoms with van der Waals surface area (Å²) in [5, 5.41) is 6.50. The van der Waals surface area contributed by atoms with Crippen molar-refractivity contribution in [1.82, 2.24) is 5.32 Å². The maximum absolute atomic E-state index is 13.1. The van der Waals surface area contributed by atoms with E-state index >= 15 is 0 Å². The molecule has 2 aromatic carbocycles. The summed E-state index contributed by atoms with van der Waals surface area (Å²) < 4.78 is 0. The maximum Gasteiger partial charge on any atom is 0.253 e. The third-order valence-corrected chi connectivity index (χ3v) is 6.10. The van der Waals surface area contributed by atoms with Crippen molar-refractivity contribution in [1.29, 1.82) is 0 Å². The number of carbonyl (C=O) groups is 2. The minimum atomic E-state index is -0.701.